The van der Waals surface area contributed by atoms with Crippen LogP contribution >= 0.6 is 0 Å². The summed E-state index contributed by atoms with van der Waals surface area (Å²) in [4.78, 5) is 4.46. The summed E-state index contributed by atoms with van der Waals surface area (Å²) in [5.41, 5.74) is 0.775. The predicted octanol–water partition coefficient (Wildman–Crippen LogP) is 1.63. The fourth-order valence-electron chi connectivity index (χ4n) is 2.90. The first-order valence-electron chi connectivity index (χ1n) is 8.62. The Morgan fingerprint density at radius 3 is 2.67 bits per heavy atom. The van der Waals surface area contributed by atoms with Gasteiger partial charge in [-0.3, -0.25) is 0 Å². The lowest BCUT2D eigenvalue weighted by atomic mass is 10.00. The summed E-state index contributed by atoms with van der Waals surface area (Å²) < 4.78 is 39.6. The molecule has 3 aromatic rings. The highest BCUT2D eigenvalue weighted by molar-refractivity contribution is 7.89. The van der Waals surface area contributed by atoms with Crippen molar-refractivity contribution in [3.63, 3.8) is 0 Å². The van der Waals surface area contributed by atoms with E-state index in [0.717, 1.165) is 18.5 Å². The van der Waals surface area contributed by atoms with Crippen molar-refractivity contribution in [2.75, 3.05) is 13.2 Å². The highest BCUT2D eigenvalue weighted by Gasteiger charge is 2.22. The molecule has 0 aliphatic carbocycles. The Labute approximate surface area is 156 Å². The highest BCUT2D eigenvalue weighted by atomic mass is 32.2. The van der Waals surface area contributed by atoms with Crippen molar-refractivity contribution in [3.05, 3.63) is 54.4 Å². The largest absolute Gasteiger partial charge is 0.381 e. The minimum Gasteiger partial charge on any atom is -0.381 e. The number of rotatable bonds is 6. The number of benzene rings is 1. The molecule has 0 bridgehead atoms. The van der Waals surface area contributed by atoms with Gasteiger partial charge in [-0.1, -0.05) is 5.16 Å². The van der Waals surface area contributed by atoms with Crippen LogP contribution < -0.4 is 4.72 Å². The fraction of sp³-hybridized carbons (Fsp3) is 0.353. The molecule has 1 aliphatic rings. The summed E-state index contributed by atoms with van der Waals surface area (Å²) in [7, 11) is -3.69. The fourth-order valence-corrected chi connectivity index (χ4v) is 3.88. The van der Waals surface area contributed by atoms with Crippen molar-refractivity contribution in [3.8, 4) is 5.69 Å². The molecule has 142 valence electrons. The molecule has 9 nitrogen and oxygen atoms in total. The molecule has 0 spiro atoms. The second kappa shape index (κ2) is 7.59. The molecule has 1 saturated heterocycles. The number of hydrogen-bond donors (Lipinski definition) is 1. The zero-order valence-corrected chi connectivity index (χ0v) is 15.3. The van der Waals surface area contributed by atoms with Gasteiger partial charge >= 0.3 is 0 Å². The lowest BCUT2D eigenvalue weighted by molar-refractivity contribution is 0.0830. The van der Waals surface area contributed by atoms with Crippen LogP contribution in [0.3, 0.4) is 0 Å². The minimum absolute atomic E-state index is 0.0561. The molecule has 1 fully saturated rings. The van der Waals surface area contributed by atoms with Gasteiger partial charge in [0, 0.05) is 31.5 Å². The molecule has 1 N–H and O–H groups in total. The van der Waals surface area contributed by atoms with E-state index in [2.05, 4.69) is 20.0 Å². The Hall–Kier alpha value is -2.56. The number of nitrogens with zero attached hydrogens (tertiary/aromatic N) is 4. The molecule has 3 heterocycles. The van der Waals surface area contributed by atoms with Gasteiger partial charge in [-0.2, -0.15) is 10.1 Å². The maximum absolute atomic E-state index is 12.5. The summed E-state index contributed by atoms with van der Waals surface area (Å²) in [6.07, 6.45) is 5.12. The lowest BCUT2D eigenvalue weighted by Crippen LogP contribution is -2.23. The Bertz CT molecular complexity index is 977. The van der Waals surface area contributed by atoms with E-state index in [1.807, 2.05) is 0 Å². The minimum atomic E-state index is -3.69. The van der Waals surface area contributed by atoms with Crippen LogP contribution in [0.25, 0.3) is 5.69 Å². The zero-order chi connectivity index (χ0) is 18.7. The number of sulfonamides is 1. The van der Waals surface area contributed by atoms with Crippen LogP contribution in [0, 0.1) is 0 Å². The van der Waals surface area contributed by atoms with Crippen LogP contribution in [0.4, 0.5) is 0 Å². The van der Waals surface area contributed by atoms with Gasteiger partial charge < -0.3 is 9.26 Å². The number of aromatic nitrogens is 4. The van der Waals surface area contributed by atoms with Crippen molar-refractivity contribution in [1.82, 2.24) is 24.6 Å². The van der Waals surface area contributed by atoms with Crippen LogP contribution in [-0.4, -0.2) is 41.6 Å². The van der Waals surface area contributed by atoms with Gasteiger partial charge in [-0.05, 0) is 43.2 Å². The summed E-state index contributed by atoms with van der Waals surface area (Å²) in [5.74, 6) is 1.05. The van der Waals surface area contributed by atoms with E-state index in [0.29, 0.717) is 19.0 Å². The molecule has 0 unspecified atom stereocenters. The first-order chi connectivity index (χ1) is 13.1. The second-order valence-electron chi connectivity index (χ2n) is 6.20. The van der Waals surface area contributed by atoms with Crippen LogP contribution in [-0.2, 0) is 21.3 Å². The molecular formula is C17H19N5O4S. The van der Waals surface area contributed by atoms with Crippen molar-refractivity contribution >= 4 is 10.0 Å². The Morgan fingerprint density at radius 2 is 1.96 bits per heavy atom. The van der Waals surface area contributed by atoms with Crippen molar-refractivity contribution < 1.29 is 17.7 Å². The molecule has 2 aromatic heterocycles. The highest BCUT2D eigenvalue weighted by Crippen LogP contribution is 2.24. The average Bonchev–Trinajstić information content (AvgIpc) is 3.40. The molecular weight excluding hydrogens is 370 g/mol. The van der Waals surface area contributed by atoms with Crippen LogP contribution in [0.1, 0.15) is 30.5 Å². The van der Waals surface area contributed by atoms with Gasteiger partial charge in [-0.25, -0.2) is 17.8 Å². The predicted molar refractivity (Wildman–Crippen MR) is 94.7 cm³/mol. The lowest BCUT2D eigenvalue weighted by Gasteiger charge is -2.18. The number of hydrogen-bond acceptors (Lipinski definition) is 7. The monoisotopic (exact) mass is 389 g/mol. The van der Waals surface area contributed by atoms with E-state index in [-0.39, 0.29) is 23.2 Å². The summed E-state index contributed by atoms with van der Waals surface area (Å²) in [5, 5.41) is 8.08. The van der Waals surface area contributed by atoms with Crippen LogP contribution in [0.5, 0.6) is 0 Å². The molecule has 27 heavy (non-hydrogen) atoms. The van der Waals surface area contributed by atoms with E-state index in [1.165, 1.54) is 12.1 Å². The van der Waals surface area contributed by atoms with E-state index >= 15 is 0 Å². The normalized spacial score (nSPS) is 15.9. The van der Waals surface area contributed by atoms with Crippen molar-refractivity contribution in [2.24, 2.45) is 0 Å². The quantitative estimate of drug-likeness (QED) is 0.682. The Balaban J connectivity index is 1.40. The van der Waals surface area contributed by atoms with E-state index in [1.54, 1.807) is 35.3 Å². The molecule has 4 rings (SSSR count). The Morgan fingerprint density at radius 1 is 1.19 bits per heavy atom. The smallest absolute Gasteiger partial charge is 0.241 e. The van der Waals surface area contributed by atoms with E-state index < -0.39 is 10.0 Å². The zero-order valence-electron chi connectivity index (χ0n) is 14.5. The first-order valence-corrected chi connectivity index (χ1v) is 10.1. The third-order valence-corrected chi connectivity index (χ3v) is 5.82. The van der Waals surface area contributed by atoms with Crippen LogP contribution in [0.15, 0.2) is 52.1 Å². The summed E-state index contributed by atoms with van der Waals surface area (Å²) in [6, 6.07) is 8.24. The molecule has 0 atom stereocenters. The first kappa shape index (κ1) is 17.8. The van der Waals surface area contributed by atoms with E-state index in [9.17, 15) is 8.42 Å². The van der Waals surface area contributed by atoms with Gasteiger partial charge in [0.25, 0.3) is 0 Å². The van der Waals surface area contributed by atoms with Crippen molar-refractivity contribution in [2.45, 2.75) is 30.2 Å². The second-order valence-corrected chi connectivity index (χ2v) is 7.97. The topological polar surface area (TPSA) is 112 Å². The molecule has 1 aliphatic heterocycles. The average molecular weight is 389 g/mol. The maximum atomic E-state index is 12.5. The molecule has 1 aromatic carbocycles. The van der Waals surface area contributed by atoms with Gasteiger partial charge in [-0.15, -0.1) is 0 Å². The maximum Gasteiger partial charge on any atom is 0.241 e. The van der Waals surface area contributed by atoms with Gasteiger partial charge in [0.2, 0.25) is 15.9 Å². The van der Waals surface area contributed by atoms with Gasteiger partial charge in [0.15, 0.2) is 5.82 Å². The third-order valence-electron chi connectivity index (χ3n) is 4.40. The summed E-state index contributed by atoms with van der Waals surface area (Å²) in [6.45, 7) is 1.30. The van der Waals surface area contributed by atoms with Gasteiger partial charge in [0.1, 0.15) is 0 Å². The Kier molecular flexibility index (Phi) is 5.01. The van der Waals surface area contributed by atoms with E-state index in [4.69, 9.17) is 9.26 Å². The standard InChI is InChI=1S/C17H19N5O4S/c23-27(24,15-4-2-14(3-5-15)22-9-1-8-18-22)19-12-16-20-17(21-26-16)13-6-10-25-11-7-13/h1-5,8-9,13,19H,6-7,10-12H2. The number of ether oxygens (including phenoxy) is 1. The van der Waals surface area contributed by atoms with Gasteiger partial charge in [0.05, 0.1) is 17.1 Å². The molecule has 0 saturated carbocycles. The third kappa shape index (κ3) is 4.07. The number of nitrogens with one attached hydrogen (secondary N) is 1. The molecule has 10 heteroatoms. The molecule has 0 radical (unpaired) electrons. The van der Waals surface area contributed by atoms with Crippen LogP contribution in [0.2, 0.25) is 0 Å². The SMILES string of the molecule is O=S(=O)(NCc1nc(C2CCOCC2)no1)c1ccc(-n2cccn2)cc1. The summed E-state index contributed by atoms with van der Waals surface area (Å²) >= 11 is 0. The molecule has 0 amide bonds. The van der Waals surface area contributed by atoms with Crippen molar-refractivity contribution in [1.29, 1.82) is 0 Å².